The van der Waals surface area contributed by atoms with Crippen LogP contribution in [0.4, 0.5) is 10.2 Å². The summed E-state index contributed by atoms with van der Waals surface area (Å²) in [5.74, 6) is -0.508. The van der Waals surface area contributed by atoms with Crippen molar-refractivity contribution in [3.63, 3.8) is 0 Å². The van der Waals surface area contributed by atoms with E-state index in [1.54, 1.807) is 0 Å². The van der Waals surface area contributed by atoms with Crippen LogP contribution in [0.2, 0.25) is 0 Å². The normalized spacial score (nSPS) is 23.5. The second kappa shape index (κ2) is 7.99. The minimum atomic E-state index is -3.46. The van der Waals surface area contributed by atoms with Crippen molar-refractivity contribution in [3.8, 4) is 0 Å². The van der Waals surface area contributed by atoms with Crippen molar-refractivity contribution < 1.29 is 22.3 Å². The number of amides is 1. The van der Waals surface area contributed by atoms with E-state index in [9.17, 15) is 22.4 Å². The highest BCUT2D eigenvalue weighted by atomic mass is 32.2. The lowest BCUT2D eigenvalue weighted by Crippen LogP contribution is -2.58. The molecule has 2 aromatic heterocycles. The fraction of sp³-hybridized carbons (Fsp3) is 0.364. The molecule has 9 nitrogen and oxygen atoms in total. The predicted octanol–water partition coefficient (Wildman–Crippen LogP) is 1.72. The van der Waals surface area contributed by atoms with E-state index in [2.05, 4.69) is 9.97 Å². The van der Waals surface area contributed by atoms with Gasteiger partial charge in [0, 0.05) is 12.9 Å². The molecule has 0 N–H and O–H groups in total. The zero-order chi connectivity index (χ0) is 23.3. The highest BCUT2D eigenvalue weighted by molar-refractivity contribution is 7.90. The van der Waals surface area contributed by atoms with Gasteiger partial charge >= 0.3 is 0 Å². The van der Waals surface area contributed by atoms with Gasteiger partial charge in [-0.25, -0.2) is 22.8 Å². The summed E-state index contributed by atoms with van der Waals surface area (Å²) >= 11 is 0. The molecule has 2 fully saturated rings. The SMILES string of the molecule is CS(=O)(=O)c1ccc2c(=O)n(C3CC4CCOCC4N(c4ccc(F)cn4)C3=O)cnc2c1. The number of fused-ring (bicyclic) bond motifs is 2. The number of carbonyl (C=O) groups excluding carboxylic acids is 1. The molecule has 4 heterocycles. The molecule has 2 aliphatic rings. The van der Waals surface area contributed by atoms with E-state index in [-0.39, 0.29) is 33.7 Å². The van der Waals surface area contributed by atoms with Crippen LogP contribution in [-0.2, 0) is 19.4 Å². The van der Waals surface area contributed by atoms with Crippen molar-refractivity contribution in [2.75, 3.05) is 24.4 Å². The van der Waals surface area contributed by atoms with Gasteiger partial charge in [0.25, 0.3) is 11.5 Å². The molecule has 1 amide bonds. The maximum Gasteiger partial charge on any atom is 0.261 e. The van der Waals surface area contributed by atoms with Crippen LogP contribution in [0.15, 0.2) is 52.5 Å². The zero-order valence-corrected chi connectivity index (χ0v) is 18.5. The highest BCUT2D eigenvalue weighted by Crippen LogP contribution is 2.37. The van der Waals surface area contributed by atoms with E-state index < -0.39 is 27.3 Å². The molecule has 1 aromatic carbocycles. The number of anilines is 1. The van der Waals surface area contributed by atoms with Crippen molar-refractivity contribution in [3.05, 3.63) is 59.0 Å². The number of hydrogen-bond donors (Lipinski definition) is 0. The Kier molecular flexibility index (Phi) is 5.25. The molecule has 0 radical (unpaired) electrons. The van der Waals surface area contributed by atoms with E-state index in [1.165, 1.54) is 46.1 Å². The first-order chi connectivity index (χ1) is 15.7. The van der Waals surface area contributed by atoms with Crippen LogP contribution in [0.25, 0.3) is 10.9 Å². The Labute approximate surface area is 188 Å². The minimum absolute atomic E-state index is 0.0588. The third kappa shape index (κ3) is 3.80. The standard InChI is InChI=1S/C22H21FN4O5S/c1-33(30,31)15-3-4-16-17(9-15)25-12-26(21(16)28)18-8-13-6-7-32-11-19(13)27(22(18)29)20-5-2-14(23)10-24-20/h2-5,9-10,12-13,18-19H,6-8,11H2,1H3. The Morgan fingerprint density at radius 3 is 2.70 bits per heavy atom. The van der Waals surface area contributed by atoms with Gasteiger partial charge in [-0.2, -0.15) is 0 Å². The number of carbonyl (C=O) groups is 1. The van der Waals surface area contributed by atoms with Gasteiger partial charge in [0.05, 0.1) is 41.0 Å². The molecule has 3 atom stereocenters. The van der Waals surface area contributed by atoms with E-state index >= 15 is 0 Å². The van der Waals surface area contributed by atoms with E-state index in [0.29, 0.717) is 31.9 Å². The average Bonchev–Trinajstić information content (AvgIpc) is 2.79. The first kappa shape index (κ1) is 21.7. The molecule has 0 spiro atoms. The smallest absolute Gasteiger partial charge is 0.261 e. The number of ether oxygens (including phenoxy) is 1. The molecule has 172 valence electrons. The highest BCUT2D eigenvalue weighted by Gasteiger charge is 2.45. The minimum Gasteiger partial charge on any atom is -0.379 e. The lowest BCUT2D eigenvalue weighted by atomic mass is 9.82. The number of aromatic nitrogens is 3. The summed E-state index contributed by atoms with van der Waals surface area (Å²) in [5, 5.41) is 0.221. The van der Waals surface area contributed by atoms with E-state index in [4.69, 9.17) is 4.74 Å². The number of halogens is 1. The van der Waals surface area contributed by atoms with Crippen molar-refractivity contribution in [2.45, 2.75) is 29.8 Å². The van der Waals surface area contributed by atoms with Crippen LogP contribution in [0.5, 0.6) is 0 Å². The number of nitrogens with zero attached hydrogens (tertiary/aromatic N) is 4. The molecule has 3 aromatic rings. The summed E-state index contributed by atoms with van der Waals surface area (Å²) in [6.45, 7) is 0.882. The quantitative estimate of drug-likeness (QED) is 0.571. The van der Waals surface area contributed by atoms with Crippen LogP contribution in [0.1, 0.15) is 18.9 Å². The number of benzene rings is 1. The van der Waals surface area contributed by atoms with Gasteiger partial charge in [-0.3, -0.25) is 19.1 Å². The Morgan fingerprint density at radius 1 is 1.15 bits per heavy atom. The molecule has 2 saturated heterocycles. The van der Waals surface area contributed by atoms with Gasteiger partial charge in [0.15, 0.2) is 9.84 Å². The summed E-state index contributed by atoms with van der Waals surface area (Å²) in [4.78, 5) is 36.8. The van der Waals surface area contributed by atoms with Gasteiger partial charge in [-0.15, -0.1) is 0 Å². The summed E-state index contributed by atoms with van der Waals surface area (Å²) in [6.07, 6.45) is 4.56. The largest absolute Gasteiger partial charge is 0.379 e. The van der Waals surface area contributed by atoms with E-state index in [0.717, 1.165) is 12.5 Å². The van der Waals surface area contributed by atoms with Crippen LogP contribution in [0.3, 0.4) is 0 Å². The van der Waals surface area contributed by atoms with Crippen molar-refractivity contribution in [2.24, 2.45) is 5.92 Å². The van der Waals surface area contributed by atoms with Crippen LogP contribution < -0.4 is 10.5 Å². The molecule has 0 saturated carbocycles. The van der Waals surface area contributed by atoms with Gasteiger partial charge in [-0.1, -0.05) is 0 Å². The number of pyridine rings is 1. The lowest BCUT2D eigenvalue weighted by molar-refractivity contribution is -0.127. The fourth-order valence-corrected chi connectivity index (χ4v) is 5.27. The molecular weight excluding hydrogens is 451 g/mol. The summed E-state index contributed by atoms with van der Waals surface area (Å²) < 4.78 is 44.0. The third-order valence-corrected chi connectivity index (χ3v) is 7.43. The lowest BCUT2D eigenvalue weighted by Gasteiger charge is -2.45. The van der Waals surface area contributed by atoms with Gasteiger partial charge in [-0.05, 0) is 49.1 Å². The molecule has 0 aliphatic carbocycles. The Hall–Kier alpha value is -3.18. The number of piperidine rings is 1. The molecule has 11 heteroatoms. The summed E-state index contributed by atoms with van der Waals surface area (Å²) in [7, 11) is -3.46. The van der Waals surface area contributed by atoms with E-state index in [1.807, 2.05) is 0 Å². The molecule has 2 aliphatic heterocycles. The van der Waals surface area contributed by atoms with Crippen LogP contribution in [-0.4, -0.2) is 54.4 Å². The van der Waals surface area contributed by atoms with Crippen LogP contribution >= 0.6 is 0 Å². The molecular formula is C22H21FN4O5S. The van der Waals surface area contributed by atoms with Gasteiger partial charge in [0.2, 0.25) is 0 Å². The topological polar surface area (TPSA) is 111 Å². The van der Waals surface area contributed by atoms with Gasteiger partial charge in [0.1, 0.15) is 17.7 Å². The number of hydrogen-bond acceptors (Lipinski definition) is 7. The van der Waals surface area contributed by atoms with Crippen molar-refractivity contribution in [1.82, 2.24) is 14.5 Å². The predicted molar refractivity (Wildman–Crippen MR) is 117 cm³/mol. The average molecular weight is 472 g/mol. The third-order valence-electron chi connectivity index (χ3n) is 6.32. The Balaban J connectivity index is 1.59. The van der Waals surface area contributed by atoms with Gasteiger partial charge < -0.3 is 4.74 Å². The second-order valence-electron chi connectivity index (χ2n) is 8.39. The Morgan fingerprint density at radius 2 is 1.97 bits per heavy atom. The number of sulfone groups is 1. The maximum absolute atomic E-state index is 13.6. The molecule has 33 heavy (non-hydrogen) atoms. The molecule has 3 unspecified atom stereocenters. The zero-order valence-electron chi connectivity index (χ0n) is 17.7. The summed E-state index contributed by atoms with van der Waals surface area (Å²) in [5.41, 5.74) is -0.195. The first-order valence-electron chi connectivity index (χ1n) is 10.5. The summed E-state index contributed by atoms with van der Waals surface area (Å²) in [6, 6.07) is 5.72. The number of rotatable bonds is 3. The van der Waals surface area contributed by atoms with Crippen LogP contribution in [0, 0.1) is 11.7 Å². The first-order valence-corrected chi connectivity index (χ1v) is 12.4. The maximum atomic E-state index is 13.6. The molecule has 0 bridgehead atoms. The molecule has 5 rings (SSSR count). The van der Waals surface area contributed by atoms with Crippen molar-refractivity contribution in [1.29, 1.82) is 0 Å². The second-order valence-corrected chi connectivity index (χ2v) is 10.4. The fourth-order valence-electron chi connectivity index (χ4n) is 4.63. The Bertz CT molecular complexity index is 1410. The monoisotopic (exact) mass is 472 g/mol. The van der Waals surface area contributed by atoms with Crippen molar-refractivity contribution >= 4 is 32.5 Å².